The molecule has 4 nitrogen and oxygen atoms in total. The Kier molecular flexibility index (Phi) is 5.15. The Bertz CT molecular complexity index is 450. The van der Waals surface area contributed by atoms with Gasteiger partial charge in [0.15, 0.2) is 0 Å². The van der Waals surface area contributed by atoms with Crippen LogP contribution < -0.4 is 10.2 Å². The topological polar surface area (TPSA) is 41.1 Å². The van der Waals surface area contributed by atoms with Gasteiger partial charge in [-0.15, -0.1) is 0 Å². The van der Waals surface area contributed by atoms with Gasteiger partial charge in [-0.2, -0.15) is 11.8 Å². The molecule has 1 fully saturated rings. The molecule has 2 heterocycles. The average Bonchev–Trinajstić information content (AvgIpc) is 2.57. The summed E-state index contributed by atoms with van der Waals surface area (Å²) in [6.45, 7) is 14.0. The Morgan fingerprint density at radius 1 is 1.24 bits per heavy atom. The van der Waals surface area contributed by atoms with Crippen molar-refractivity contribution >= 4 is 17.7 Å². The number of thioether (sulfide) groups is 1. The van der Waals surface area contributed by atoms with E-state index >= 15 is 0 Å². The Morgan fingerprint density at radius 2 is 1.90 bits per heavy atom. The van der Waals surface area contributed by atoms with Gasteiger partial charge in [0.2, 0.25) is 5.95 Å². The van der Waals surface area contributed by atoms with Crippen LogP contribution in [-0.4, -0.2) is 39.1 Å². The van der Waals surface area contributed by atoms with Gasteiger partial charge in [0.25, 0.3) is 0 Å². The molecule has 0 bridgehead atoms. The third kappa shape index (κ3) is 5.47. The number of hydrogen-bond donors (Lipinski definition) is 1. The molecule has 1 aliphatic heterocycles. The Hall–Kier alpha value is -0.810. The number of nitrogens with zero attached hydrogens (tertiary/aromatic N) is 3. The molecule has 1 saturated heterocycles. The van der Waals surface area contributed by atoms with Gasteiger partial charge >= 0.3 is 0 Å². The molecule has 0 unspecified atom stereocenters. The van der Waals surface area contributed by atoms with Gasteiger partial charge in [0.05, 0.1) is 0 Å². The standard InChI is InChI=1S/C16H28N4S/c1-15(2,3)19-12-13-10-17-14(18-11-13)20-7-6-16(4,5)21-9-8-20/h10-11,19H,6-9,12H2,1-5H3. The van der Waals surface area contributed by atoms with E-state index < -0.39 is 0 Å². The lowest BCUT2D eigenvalue weighted by Gasteiger charge is -2.23. The van der Waals surface area contributed by atoms with Crippen LogP contribution in [0, 0.1) is 0 Å². The van der Waals surface area contributed by atoms with Crippen molar-refractivity contribution in [1.29, 1.82) is 0 Å². The Balaban J connectivity index is 1.95. The maximum Gasteiger partial charge on any atom is 0.225 e. The Morgan fingerprint density at radius 3 is 2.52 bits per heavy atom. The SMILES string of the molecule is CC(C)(C)NCc1cnc(N2CCSC(C)(C)CC2)nc1. The first kappa shape index (κ1) is 16.6. The maximum absolute atomic E-state index is 4.56. The van der Waals surface area contributed by atoms with E-state index in [0.717, 1.165) is 36.9 Å². The molecule has 0 amide bonds. The zero-order valence-electron chi connectivity index (χ0n) is 13.9. The third-order valence-electron chi connectivity index (χ3n) is 3.64. The van der Waals surface area contributed by atoms with Gasteiger partial charge in [-0.05, 0) is 27.2 Å². The van der Waals surface area contributed by atoms with E-state index in [1.807, 2.05) is 24.2 Å². The summed E-state index contributed by atoms with van der Waals surface area (Å²) in [6, 6.07) is 0. The van der Waals surface area contributed by atoms with Gasteiger partial charge in [0, 0.05) is 53.6 Å². The highest BCUT2D eigenvalue weighted by Gasteiger charge is 2.24. The van der Waals surface area contributed by atoms with Crippen LogP contribution in [-0.2, 0) is 6.54 Å². The number of anilines is 1. The van der Waals surface area contributed by atoms with E-state index in [0.29, 0.717) is 4.75 Å². The molecule has 1 aliphatic rings. The fraction of sp³-hybridized carbons (Fsp3) is 0.750. The molecular formula is C16H28N4S. The van der Waals surface area contributed by atoms with Crippen LogP contribution in [0.1, 0.15) is 46.6 Å². The van der Waals surface area contributed by atoms with Crippen LogP contribution in [0.3, 0.4) is 0 Å². The van der Waals surface area contributed by atoms with E-state index in [1.54, 1.807) is 0 Å². The second-order valence-electron chi connectivity index (χ2n) is 7.34. The maximum atomic E-state index is 4.56. The molecule has 21 heavy (non-hydrogen) atoms. The molecule has 1 aromatic heterocycles. The van der Waals surface area contributed by atoms with Crippen molar-refractivity contribution in [3.05, 3.63) is 18.0 Å². The molecule has 0 spiro atoms. The van der Waals surface area contributed by atoms with Crippen molar-refractivity contribution in [3.8, 4) is 0 Å². The smallest absolute Gasteiger partial charge is 0.225 e. The van der Waals surface area contributed by atoms with Crippen molar-refractivity contribution in [3.63, 3.8) is 0 Å². The van der Waals surface area contributed by atoms with Gasteiger partial charge in [0.1, 0.15) is 0 Å². The molecule has 2 rings (SSSR count). The molecular weight excluding hydrogens is 280 g/mol. The van der Waals surface area contributed by atoms with Gasteiger partial charge < -0.3 is 10.2 Å². The van der Waals surface area contributed by atoms with Gasteiger partial charge in [-0.1, -0.05) is 13.8 Å². The van der Waals surface area contributed by atoms with Crippen LogP contribution in [0.15, 0.2) is 12.4 Å². The number of hydrogen-bond acceptors (Lipinski definition) is 5. The van der Waals surface area contributed by atoms with E-state index in [-0.39, 0.29) is 5.54 Å². The van der Waals surface area contributed by atoms with Crippen LogP contribution in [0.4, 0.5) is 5.95 Å². The van der Waals surface area contributed by atoms with Crippen LogP contribution in [0.2, 0.25) is 0 Å². The first-order valence-electron chi connectivity index (χ1n) is 7.70. The average molecular weight is 308 g/mol. The summed E-state index contributed by atoms with van der Waals surface area (Å²) >= 11 is 2.05. The predicted molar refractivity (Wildman–Crippen MR) is 92.0 cm³/mol. The largest absolute Gasteiger partial charge is 0.340 e. The molecule has 0 radical (unpaired) electrons. The fourth-order valence-corrected chi connectivity index (χ4v) is 3.29. The molecule has 5 heteroatoms. The highest BCUT2D eigenvalue weighted by molar-refractivity contribution is 8.00. The van der Waals surface area contributed by atoms with E-state index in [4.69, 9.17) is 0 Å². The van der Waals surface area contributed by atoms with Crippen molar-refractivity contribution in [2.24, 2.45) is 0 Å². The Labute approximate surface area is 133 Å². The lowest BCUT2D eigenvalue weighted by molar-refractivity contribution is 0.423. The predicted octanol–water partition coefficient (Wildman–Crippen LogP) is 3.09. The zero-order chi connectivity index (χ0) is 15.5. The third-order valence-corrected chi connectivity index (χ3v) is 5.01. The van der Waals surface area contributed by atoms with Crippen molar-refractivity contribution < 1.29 is 0 Å². The summed E-state index contributed by atoms with van der Waals surface area (Å²) in [5.74, 6) is 2.01. The second kappa shape index (κ2) is 6.53. The minimum atomic E-state index is 0.117. The molecule has 0 atom stereocenters. The molecule has 1 aromatic rings. The highest BCUT2D eigenvalue weighted by Crippen LogP contribution is 2.31. The minimum absolute atomic E-state index is 0.117. The first-order valence-corrected chi connectivity index (χ1v) is 8.69. The summed E-state index contributed by atoms with van der Waals surface area (Å²) in [5, 5.41) is 3.46. The monoisotopic (exact) mass is 308 g/mol. The first-order chi connectivity index (χ1) is 9.75. The highest BCUT2D eigenvalue weighted by atomic mass is 32.2. The molecule has 118 valence electrons. The van der Waals surface area contributed by atoms with E-state index in [2.05, 4.69) is 54.8 Å². The lowest BCUT2D eigenvalue weighted by Crippen LogP contribution is -2.35. The van der Waals surface area contributed by atoms with E-state index in [9.17, 15) is 0 Å². The minimum Gasteiger partial charge on any atom is -0.340 e. The molecule has 1 N–H and O–H groups in total. The lowest BCUT2D eigenvalue weighted by atomic mass is 10.1. The van der Waals surface area contributed by atoms with Crippen LogP contribution in [0.5, 0.6) is 0 Å². The number of nitrogens with one attached hydrogen (secondary N) is 1. The second-order valence-corrected chi connectivity index (χ2v) is 9.14. The summed E-state index contributed by atoms with van der Waals surface area (Å²) in [4.78, 5) is 11.4. The number of rotatable bonds is 3. The fourth-order valence-electron chi connectivity index (χ4n) is 2.19. The van der Waals surface area contributed by atoms with Gasteiger partial charge in [-0.3, -0.25) is 0 Å². The van der Waals surface area contributed by atoms with Gasteiger partial charge in [-0.25, -0.2) is 9.97 Å². The van der Waals surface area contributed by atoms with Crippen LogP contribution in [0.25, 0.3) is 0 Å². The molecule has 0 saturated carbocycles. The van der Waals surface area contributed by atoms with Crippen LogP contribution >= 0.6 is 11.8 Å². The molecule has 0 aromatic carbocycles. The van der Waals surface area contributed by atoms with Crippen molar-refractivity contribution in [1.82, 2.24) is 15.3 Å². The zero-order valence-corrected chi connectivity index (χ0v) is 14.8. The normalized spacial score (nSPS) is 19.4. The molecule has 0 aliphatic carbocycles. The summed E-state index contributed by atoms with van der Waals surface area (Å²) in [6.07, 6.45) is 5.07. The summed E-state index contributed by atoms with van der Waals surface area (Å²) < 4.78 is 0.366. The summed E-state index contributed by atoms with van der Waals surface area (Å²) in [5.41, 5.74) is 1.25. The van der Waals surface area contributed by atoms with E-state index in [1.165, 1.54) is 6.42 Å². The van der Waals surface area contributed by atoms with Crippen molar-refractivity contribution in [2.45, 2.75) is 57.9 Å². The quantitative estimate of drug-likeness (QED) is 0.929. The number of aromatic nitrogens is 2. The summed E-state index contributed by atoms with van der Waals surface area (Å²) in [7, 11) is 0. The van der Waals surface area contributed by atoms with Crippen molar-refractivity contribution in [2.75, 3.05) is 23.7 Å².